The van der Waals surface area contributed by atoms with Crippen LogP contribution < -0.4 is 5.32 Å². The Bertz CT molecular complexity index is 1080. The molecule has 0 fully saturated rings. The predicted molar refractivity (Wildman–Crippen MR) is 103 cm³/mol. The van der Waals surface area contributed by atoms with Gasteiger partial charge in [-0.25, -0.2) is 4.79 Å². The molecule has 0 bridgehead atoms. The molecule has 4 N–H and O–H groups in total. The van der Waals surface area contributed by atoms with E-state index in [1.165, 1.54) is 11.3 Å². The van der Waals surface area contributed by atoms with E-state index in [0.29, 0.717) is 6.54 Å². The molecule has 1 amide bonds. The summed E-state index contributed by atoms with van der Waals surface area (Å²) in [6.45, 7) is 0.717. The minimum atomic E-state index is -5.08. The summed E-state index contributed by atoms with van der Waals surface area (Å²) in [5.41, 5.74) is 5.48. The van der Waals surface area contributed by atoms with Gasteiger partial charge < -0.3 is 20.5 Å². The topological polar surface area (TPSA) is 115 Å². The van der Waals surface area contributed by atoms with Crippen LogP contribution >= 0.6 is 11.3 Å². The number of hydrogen-bond donors (Lipinski definition) is 4. The molecule has 1 aliphatic heterocycles. The highest BCUT2D eigenvalue weighted by Gasteiger charge is 2.38. The maximum Gasteiger partial charge on any atom is 0.490 e. The van der Waals surface area contributed by atoms with Gasteiger partial charge in [0.25, 0.3) is 5.91 Å². The van der Waals surface area contributed by atoms with Gasteiger partial charge >= 0.3 is 12.1 Å². The lowest BCUT2D eigenvalue weighted by atomic mass is 10.1. The molecule has 0 atom stereocenters. The second-order valence-corrected chi connectivity index (χ2v) is 7.27. The van der Waals surface area contributed by atoms with E-state index in [1.807, 2.05) is 29.6 Å². The fourth-order valence-electron chi connectivity index (χ4n) is 2.80. The van der Waals surface area contributed by atoms with Crippen LogP contribution in [0.5, 0.6) is 0 Å². The number of carboxylic acid groups (broad SMARTS) is 1. The van der Waals surface area contributed by atoms with Crippen molar-refractivity contribution in [3.05, 3.63) is 52.0 Å². The number of aliphatic hydroxyl groups excluding tert-OH is 1. The molecule has 0 saturated carbocycles. The normalized spacial score (nSPS) is 13.1. The number of hydrogen-bond acceptors (Lipinski definition) is 5. The van der Waals surface area contributed by atoms with Gasteiger partial charge in [0.1, 0.15) is 0 Å². The Kier molecular flexibility index (Phi) is 6.22. The molecule has 0 radical (unpaired) electrons. The summed E-state index contributed by atoms with van der Waals surface area (Å²) in [6.07, 6.45) is -2.50. The molecule has 30 heavy (non-hydrogen) atoms. The zero-order valence-electron chi connectivity index (χ0n) is 15.3. The van der Waals surface area contributed by atoms with Gasteiger partial charge in [0.15, 0.2) is 0 Å². The predicted octanol–water partition coefficient (Wildman–Crippen LogP) is 3.22. The average Bonchev–Trinajstić information content (AvgIpc) is 3.36. The molecule has 4 rings (SSSR count). The molecule has 4 heterocycles. The molecule has 11 heteroatoms. The van der Waals surface area contributed by atoms with Gasteiger partial charge in [-0.1, -0.05) is 0 Å². The van der Waals surface area contributed by atoms with Crippen LogP contribution in [0, 0.1) is 0 Å². The lowest BCUT2D eigenvalue weighted by Gasteiger charge is -2.10. The van der Waals surface area contributed by atoms with Crippen molar-refractivity contribution in [2.24, 2.45) is 0 Å². The van der Waals surface area contributed by atoms with E-state index >= 15 is 0 Å². The number of aromatic nitrogens is 2. The molecule has 7 nitrogen and oxygen atoms in total. The fourth-order valence-corrected chi connectivity index (χ4v) is 3.54. The zero-order chi connectivity index (χ0) is 21.9. The minimum absolute atomic E-state index is 0.0200. The average molecular weight is 439 g/mol. The molecule has 0 aromatic carbocycles. The van der Waals surface area contributed by atoms with Crippen molar-refractivity contribution in [1.29, 1.82) is 0 Å². The van der Waals surface area contributed by atoms with E-state index in [2.05, 4.69) is 15.3 Å². The van der Waals surface area contributed by atoms with Crippen LogP contribution in [-0.2, 0) is 17.8 Å². The molecule has 0 saturated heterocycles. The number of thiophene rings is 1. The molecule has 0 aliphatic carbocycles. The van der Waals surface area contributed by atoms with Gasteiger partial charge in [-0.3, -0.25) is 9.78 Å². The summed E-state index contributed by atoms with van der Waals surface area (Å²) in [5.74, 6) is -2.78. The number of carbonyl (C=O) groups excluding carboxylic acids is 1. The molecular formula is C19H16F3N3O4S. The first-order chi connectivity index (χ1) is 14.2. The van der Waals surface area contributed by atoms with E-state index in [-0.39, 0.29) is 12.5 Å². The number of halogens is 3. The van der Waals surface area contributed by atoms with Crippen molar-refractivity contribution in [2.45, 2.75) is 19.2 Å². The summed E-state index contributed by atoms with van der Waals surface area (Å²) < 4.78 is 31.7. The first-order valence-corrected chi connectivity index (χ1v) is 9.52. The van der Waals surface area contributed by atoms with Crippen molar-refractivity contribution < 1.29 is 33.0 Å². The Hall–Kier alpha value is -3.18. The Morgan fingerprint density at radius 3 is 2.57 bits per heavy atom. The van der Waals surface area contributed by atoms with E-state index in [4.69, 9.17) is 9.90 Å². The monoisotopic (exact) mass is 439 g/mol. The van der Waals surface area contributed by atoms with Gasteiger partial charge in [-0.05, 0) is 24.3 Å². The Balaban J connectivity index is 0.000000318. The van der Waals surface area contributed by atoms with Crippen LogP contribution in [0.1, 0.15) is 20.9 Å². The van der Waals surface area contributed by atoms with Crippen molar-refractivity contribution in [3.8, 4) is 22.5 Å². The van der Waals surface area contributed by atoms with Crippen LogP contribution in [0.3, 0.4) is 0 Å². The number of nitrogens with one attached hydrogen (secondary N) is 2. The number of rotatable bonds is 3. The summed E-state index contributed by atoms with van der Waals surface area (Å²) >= 11 is 1.52. The van der Waals surface area contributed by atoms with Crippen molar-refractivity contribution in [1.82, 2.24) is 15.3 Å². The third-order valence-electron chi connectivity index (χ3n) is 4.22. The van der Waals surface area contributed by atoms with Crippen LogP contribution in [-0.4, -0.2) is 44.8 Å². The molecule has 3 aromatic heterocycles. The highest BCUT2D eigenvalue weighted by Crippen LogP contribution is 2.29. The Labute approximate surface area is 172 Å². The number of H-pyrrole nitrogens is 1. The minimum Gasteiger partial charge on any atom is -0.475 e. The second-order valence-electron chi connectivity index (χ2n) is 6.27. The van der Waals surface area contributed by atoms with Gasteiger partial charge in [-0.2, -0.15) is 13.2 Å². The third-order valence-corrected chi connectivity index (χ3v) is 5.14. The molecular weight excluding hydrogens is 423 g/mol. The van der Waals surface area contributed by atoms with Crippen molar-refractivity contribution in [2.75, 3.05) is 6.54 Å². The lowest BCUT2D eigenvalue weighted by molar-refractivity contribution is -0.192. The summed E-state index contributed by atoms with van der Waals surface area (Å²) in [4.78, 5) is 29.5. The maximum atomic E-state index is 11.9. The largest absolute Gasteiger partial charge is 0.490 e. The molecule has 3 aromatic rings. The summed E-state index contributed by atoms with van der Waals surface area (Å²) in [5, 5.41) is 21.2. The van der Waals surface area contributed by atoms with Gasteiger partial charge in [0.2, 0.25) is 0 Å². The highest BCUT2D eigenvalue weighted by atomic mass is 32.1. The molecule has 1 aliphatic rings. The Morgan fingerprint density at radius 1 is 1.23 bits per heavy atom. The van der Waals surface area contributed by atoms with Crippen LogP contribution in [0.4, 0.5) is 13.2 Å². The van der Waals surface area contributed by atoms with Crippen LogP contribution in [0.15, 0.2) is 35.8 Å². The molecule has 158 valence electrons. The smallest absolute Gasteiger partial charge is 0.475 e. The number of fused-ring (bicyclic) bond motifs is 1. The quantitative estimate of drug-likeness (QED) is 0.500. The highest BCUT2D eigenvalue weighted by molar-refractivity contribution is 7.10. The first-order valence-electron chi connectivity index (χ1n) is 8.64. The number of amides is 1. The van der Waals surface area contributed by atoms with Crippen LogP contribution in [0.25, 0.3) is 22.5 Å². The number of carbonyl (C=O) groups is 2. The standard InChI is InChI=1S/C17H15N3O2S.C2HF3O2/c21-8-12-5-11(9-23-12)15-6-10(1-3-18-15)16-7-13-14(20-16)2-4-19-17(13)22;3-2(4,5)1(6)7/h1,3,5-7,9,20-21H,2,4,8H2,(H,19,22);(H,6,7). The van der Waals surface area contributed by atoms with E-state index in [0.717, 1.165) is 45.1 Å². The number of aliphatic carboxylic acids is 1. The van der Waals surface area contributed by atoms with E-state index < -0.39 is 12.1 Å². The number of nitrogens with zero attached hydrogens (tertiary/aromatic N) is 1. The SMILES string of the molecule is O=C(O)C(F)(F)F.O=C1NCCc2[nH]c(-c3ccnc(-c4csc(CO)c4)c3)cc21. The molecule has 0 unspecified atom stereocenters. The number of pyridine rings is 1. The number of aliphatic hydroxyl groups is 1. The molecule has 0 spiro atoms. The third kappa shape index (κ3) is 4.86. The fraction of sp³-hybridized carbons (Fsp3) is 0.211. The number of aromatic amines is 1. The maximum absolute atomic E-state index is 11.9. The van der Waals surface area contributed by atoms with Crippen molar-refractivity contribution in [3.63, 3.8) is 0 Å². The van der Waals surface area contributed by atoms with Gasteiger partial charge in [0, 0.05) is 51.9 Å². The number of alkyl halides is 3. The second kappa shape index (κ2) is 8.67. The van der Waals surface area contributed by atoms with Gasteiger partial charge in [-0.15, -0.1) is 11.3 Å². The summed E-state index contributed by atoms with van der Waals surface area (Å²) in [7, 11) is 0. The Morgan fingerprint density at radius 2 is 1.97 bits per heavy atom. The van der Waals surface area contributed by atoms with E-state index in [1.54, 1.807) is 6.20 Å². The lowest BCUT2D eigenvalue weighted by Crippen LogP contribution is -2.31. The summed E-state index contributed by atoms with van der Waals surface area (Å²) in [6, 6.07) is 7.77. The zero-order valence-corrected chi connectivity index (χ0v) is 16.1. The number of carboxylic acids is 1. The van der Waals surface area contributed by atoms with Crippen LogP contribution in [0.2, 0.25) is 0 Å². The first kappa shape index (κ1) is 21.5. The van der Waals surface area contributed by atoms with E-state index in [9.17, 15) is 23.1 Å². The van der Waals surface area contributed by atoms with Crippen molar-refractivity contribution >= 4 is 23.2 Å². The van der Waals surface area contributed by atoms with Gasteiger partial charge in [0.05, 0.1) is 17.9 Å².